The summed E-state index contributed by atoms with van der Waals surface area (Å²) in [5.41, 5.74) is 2.97. The van der Waals surface area contributed by atoms with Crippen molar-refractivity contribution in [2.75, 3.05) is 13.1 Å². The molecule has 160 valence electrons. The SMILES string of the molecule is O=C(C[C@H]1NC(=O)N(CCc2ccccc2)C1=O)NCCCc1nc2ccccc2[nH]1. The second-order valence-corrected chi connectivity index (χ2v) is 7.59. The average molecular weight is 419 g/mol. The van der Waals surface area contributed by atoms with Gasteiger partial charge in [-0.25, -0.2) is 9.78 Å². The van der Waals surface area contributed by atoms with E-state index in [4.69, 9.17) is 0 Å². The molecule has 31 heavy (non-hydrogen) atoms. The van der Waals surface area contributed by atoms with Crippen molar-refractivity contribution >= 4 is 28.9 Å². The van der Waals surface area contributed by atoms with Gasteiger partial charge in [-0.3, -0.25) is 14.5 Å². The van der Waals surface area contributed by atoms with E-state index in [1.54, 1.807) is 0 Å². The van der Waals surface area contributed by atoms with Crippen molar-refractivity contribution in [2.45, 2.75) is 31.7 Å². The van der Waals surface area contributed by atoms with Gasteiger partial charge in [-0.2, -0.15) is 0 Å². The van der Waals surface area contributed by atoms with Crippen molar-refractivity contribution in [2.24, 2.45) is 0 Å². The number of imide groups is 1. The van der Waals surface area contributed by atoms with E-state index in [0.29, 0.717) is 25.9 Å². The lowest BCUT2D eigenvalue weighted by Gasteiger charge is -2.13. The van der Waals surface area contributed by atoms with Crippen LogP contribution in [0.1, 0.15) is 24.2 Å². The van der Waals surface area contributed by atoms with Gasteiger partial charge in [0.15, 0.2) is 0 Å². The van der Waals surface area contributed by atoms with Crippen LogP contribution in [0.5, 0.6) is 0 Å². The fraction of sp³-hybridized carbons (Fsp3) is 0.304. The molecule has 4 rings (SSSR count). The van der Waals surface area contributed by atoms with Crippen LogP contribution in [0.2, 0.25) is 0 Å². The molecule has 2 heterocycles. The number of aryl methyl sites for hydroxylation is 1. The Morgan fingerprint density at radius 2 is 1.81 bits per heavy atom. The van der Waals surface area contributed by atoms with Crippen LogP contribution in [0.15, 0.2) is 54.6 Å². The van der Waals surface area contributed by atoms with Crippen LogP contribution >= 0.6 is 0 Å². The van der Waals surface area contributed by atoms with Crippen LogP contribution in [-0.4, -0.2) is 51.8 Å². The number of urea groups is 1. The molecule has 0 unspecified atom stereocenters. The molecule has 3 N–H and O–H groups in total. The van der Waals surface area contributed by atoms with E-state index in [1.165, 1.54) is 4.90 Å². The highest BCUT2D eigenvalue weighted by Gasteiger charge is 2.38. The van der Waals surface area contributed by atoms with Gasteiger partial charge in [-0.15, -0.1) is 0 Å². The number of benzene rings is 2. The van der Waals surface area contributed by atoms with E-state index in [2.05, 4.69) is 20.6 Å². The maximum Gasteiger partial charge on any atom is 0.324 e. The molecule has 1 aliphatic rings. The highest BCUT2D eigenvalue weighted by molar-refractivity contribution is 6.05. The van der Waals surface area contributed by atoms with E-state index in [9.17, 15) is 14.4 Å². The summed E-state index contributed by atoms with van der Waals surface area (Å²) in [4.78, 5) is 45.9. The van der Waals surface area contributed by atoms with Crippen molar-refractivity contribution in [3.05, 3.63) is 66.0 Å². The number of hydrogen-bond acceptors (Lipinski definition) is 4. The summed E-state index contributed by atoms with van der Waals surface area (Å²) in [5.74, 6) is 0.272. The largest absolute Gasteiger partial charge is 0.356 e. The number of para-hydroxylation sites is 2. The summed E-state index contributed by atoms with van der Waals surface area (Å²) in [6, 6.07) is 16.2. The van der Waals surface area contributed by atoms with Gasteiger partial charge in [0.2, 0.25) is 5.91 Å². The number of H-pyrrole nitrogens is 1. The van der Waals surface area contributed by atoms with Crippen LogP contribution in [0.4, 0.5) is 4.79 Å². The zero-order valence-corrected chi connectivity index (χ0v) is 17.1. The van der Waals surface area contributed by atoms with Crippen LogP contribution < -0.4 is 10.6 Å². The molecule has 1 aliphatic heterocycles. The molecule has 0 aliphatic carbocycles. The molecule has 1 aromatic heterocycles. The fourth-order valence-electron chi connectivity index (χ4n) is 3.68. The monoisotopic (exact) mass is 419 g/mol. The van der Waals surface area contributed by atoms with Gasteiger partial charge < -0.3 is 15.6 Å². The quantitative estimate of drug-likeness (QED) is 0.365. The summed E-state index contributed by atoms with van der Waals surface area (Å²) in [6.07, 6.45) is 1.96. The molecule has 1 saturated heterocycles. The minimum absolute atomic E-state index is 0.0585. The second-order valence-electron chi connectivity index (χ2n) is 7.59. The number of carbonyl (C=O) groups is 3. The maximum absolute atomic E-state index is 12.5. The molecule has 8 heteroatoms. The molecule has 0 saturated carbocycles. The van der Waals surface area contributed by atoms with Crippen LogP contribution in [0, 0.1) is 0 Å². The molecule has 4 amide bonds. The third kappa shape index (κ3) is 5.09. The van der Waals surface area contributed by atoms with Crippen LogP contribution in [0.25, 0.3) is 11.0 Å². The lowest BCUT2D eigenvalue weighted by molar-refractivity contribution is -0.130. The summed E-state index contributed by atoms with van der Waals surface area (Å²) >= 11 is 0. The fourth-order valence-corrected chi connectivity index (χ4v) is 3.68. The first-order valence-corrected chi connectivity index (χ1v) is 10.5. The molecule has 0 radical (unpaired) electrons. The predicted octanol–water partition coefficient (Wildman–Crippen LogP) is 2.16. The van der Waals surface area contributed by atoms with Crippen molar-refractivity contribution < 1.29 is 14.4 Å². The number of hydrogen-bond donors (Lipinski definition) is 3. The third-order valence-corrected chi connectivity index (χ3v) is 5.31. The molecule has 0 bridgehead atoms. The van der Waals surface area contributed by atoms with Crippen LogP contribution in [0.3, 0.4) is 0 Å². The predicted molar refractivity (Wildman–Crippen MR) is 116 cm³/mol. The Kier molecular flexibility index (Phi) is 6.26. The lowest BCUT2D eigenvalue weighted by atomic mass is 10.1. The number of fused-ring (bicyclic) bond motifs is 1. The molecule has 1 atom stereocenters. The number of amides is 4. The Morgan fingerprint density at radius 3 is 2.61 bits per heavy atom. The van der Waals surface area contributed by atoms with E-state index < -0.39 is 12.1 Å². The highest BCUT2D eigenvalue weighted by atomic mass is 16.2. The highest BCUT2D eigenvalue weighted by Crippen LogP contribution is 2.12. The van der Waals surface area contributed by atoms with Gasteiger partial charge >= 0.3 is 6.03 Å². The number of aromatic nitrogens is 2. The smallest absolute Gasteiger partial charge is 0.324 e. The summed E-state index contributed by atoms with van der Waals surface area (Å²) in [6.45, 7) is 0.771. The van der Waals surface area contributed by atoms with Crippen molar-refractivity contribution in [3.63, 3.8) is 0 Å². The topological polar surface area (TPSA) is 107 Å². The molecule has 8 nitrogen and oxygen atoms in total. The van der Waals surface area contributed by atoms with Gasteiger partial charge in [-0.1, -0.05) is 42.5 Å². The third-order valence-electron chi connectivity index (χ3n) is 5.31. The molecule has 3 aromatic rings. The Morgan fingerprint density at radius 1 is 1.03 bits per heavy atom. The summed E-state index contributed by atoms with van der Waals surface area (Å²) < 4.78 is 0. The van der Waals surface area contributed by atoms with Crippen LogP contribution in [-0.2, 0) is 22.4 Å². The van der Waals surface area contributed by atoms with E-state index in [1.807, 2.05) is 54.6 Å². The Labute approximate surface area is 180 Å². The van der Waals surface area contributed by atoms with Crippen molar-refractivity contribution in [1.82, 2.24) is 25.5 Å². The molecule has 1 fully saturated rings. The molecular weight excluding hydrogens is 394 g/mol. The standard InChI is InChI=1S/C23H25N5O3/c29-21(24-13-6-11-20-25-17-9-4-5-10-18(17)26-20)15-19-22(30)28(23(31)27-19)14-12-16-7-2-1-3-8-16/h1-5,7-10,19H,6,11-15H2,(H,24,29)(H,25,26)(H,27,31)/t19-/m1/s1. The van der Waals surface area contributed by atoms with E-state index >= 15 is 0 Å². The number of carbonyl (C=O) groups excluding carboxylic acids is 3. The van der Waals surface area contributed by atoms with Gasteiger partial charge in [0.05, 0.1) is 17.5 Å². The Balaban J connectivity index is 1.19. The lowest BCUT2D eigenvalue weighted by Crippen LogP contribution is -2.37. The first kappa shape index (κ1) is 20.6. The first-order valence-electron chi connectivity index (χ1n) is 10.5. The minimum Gasteiger partial charge on any atom is -0.356 e. The second kappa shape index (κ2) is 9.42. The normalized spacial score (nSPS) is 16.0. The number of nitrogens with one attached hydrogen (secondary N) is 3. The van der Waals surface area contributed by atoms with Crippen molar-refractivity contribution in [1.29, 1.82) is 0 Å². The average Bonchev–Trinajstić information content (AvgIpc) is 3.30. The zero-order valence-electron chi connectivity index (χ0n) is 17.1. The van der Waals surface area contributed by atoms with Gasteiger partial charge in [0.1, 0.15) is 11.9 Å². The van der Waals surface area contributed by atoms with Crippen molar-refractivity contribution in [3.8, 4) is 0 Å². The molecular formula is C23H25N5O3. The minimum atomic E-state index is -0.807. The van der Waals surface area contributed by atoms with E-state index in [0.717, 1.165) is 28.8 Å². The number of nitrogens with zero attached hydrogens (tertiary/aromatic N) is 2. The summed E-state index contributed by atoms with van der Waals surface area (Å²) in [7, 11) is 0. The van der Waals surface area contributed by atoms with E-state index in [-0.39, 0.29) is 18.2 Å². The number of imidazole rings is 1. The van der Waals surface area contributed by atoms with Gasteiger partial charge in [0, 0.05) is 19.5 Å². The maximum atomic E-state index is 12.5. The number of aromatic amines is 1. The first-order chi connectivity index (χ1) is 15.1. The number of rotatable bonds is 9. The van der Waals surface area contributed by atoms with Gasteiger partial charge in [-0.05, 0) is 30.5 Å². The Hall–Kier alpha value is -3.68. The zero-order chi connectivity index (χ0) is 21.6. The Bertz CT molecular complexity index is 1050. The molecule has 2 aromatic carbocycles. The van der Waals surface area contributed by atoms with Gasteiger partial charge in [0.25, 0.3) is 5.91 Å². The summed E-state index contributed by atoms with van der Waals surface area (Å²) in [5, 5.41) is 5.43. The molecule has 0 spiro atoms.